The van der Waals surface area contributed by atoms with Gasteiger partial charge in [-0.2, -0.15) is 0 Å². The van der Waals surface area contributed by atoms with Gasteiger partial charge in [-0.25, -0.2) is 4.85 Å². The fraction of sp³-hybridized carbons (Fsp3) is 0.429. The number of hydrogen-bond acceptors (Lipinski definition) is 2. The number of carbonyl (C=O) groups excluding carboxylic acids is 1. The lowest BCUT2D eigenvalue weighted by Crippen LogP contribution is -2.11. The molecule has 0 N–H and O–H groups in total. The minimum absolute atomic E-state index is 0.173. The predicted molar refractivity (Wildman–Crippen MR) is 37.0 cm³/mol. The van der Waals surface area contributed by atoms with E-state index in [2.05, 4.69) is 16.2 Å². The summed E-state index contributed by atoms with van der Waals surface area (Å²) in [5, 5.41) is 0. The van der Waals surface area contributed by atoms with E-state index in [-0.39, 0.29) is 11.8 Å². The SMILES string of the molecule is [C-]#[N+]C(=C)C(=O)OC(C)C. The van der Waals surface area contributed by atoms with Gasteiger partial charge in [-0.15, -0.1) is 0 Å². The summed E-state index contributed by atoms with van der Waals surface area (Å²) >= 11 is 0. The van der Waals surface area contributed by atoms with Crippen molar-refractivity contribution in [2.45, 2.75) is 20.0 Å². The minimum Gasteiger partial charge on any atom is -0.468 e. The average Bonchev–Trinajstić information content (AvgIpc) is 1.85. The van der Waals surface area contributed by atoms with Gasteiger partial charge in [0.15, 0.2) is 0 Å². The molecule has 0 aliphatic rings. The molecule has 0 heterocycles. The highest BCUT2D eigenvalue weighted by atomic mass is 16.5. The Morgan fingerprint density at radius 3 is 2.50 bits per heavy atom. The standard InChI is InChI=1S/C7H9NO2/c1-5(2)10-7(9)6(3)8-4/h5H,3H2,1-2H3. The lowest BCUT2D eigenvalue weighted by molar-refractivity contribution is -0.142. The monoisotopic (exact) mass is 139 g/mol. The summed E-state index contributed by atoms with van der Waals surface area (Å²) < 4.78 is 4.65. The Morgan fingerprint density at radius 1 is 1.70 bits per heavy atom. The van der Waals surface area contributed by atoms with Crippen LogP contribution in [0.25, 0.3) is 4.85 Å². The lowest BCUT2D eigenvalue weighted by atomic mass is 10.4. The van der Waals surface area contributed by atoms with Crippen LogP contribution in [0.15, 0.2) is 12.3 Å². The van der Waals surface area contributed by atoms with Crippen LogP contribution in [-0.2, 0) is 9.53 Å². The molecule has 0 aromatic carbocycles. The van der Waals surface area contributed by atoms with Gasteiger partial charge >= 0.3 is 5.97 Å². The molecule has 0 aromatic rings. The molecule has 3 heteroatoms. The smallest absolute Gasteiger partial charge is 0.335 e. The number of nitrogens with zero attached hydrogens (tertiary/aromatic N) is 1. The van der Waals surface area contributed by atoms with E-state index >= 15 is 0 Å². The first-order valence-corrected chi connectivity index (χ1v) is 2.85. The number of hydrogen-bond donors (Lipinski definition) is 0. The minimum atomic E-state index is -0.634. The van der Waals surface area contributed by atoms with E-state index in [9.17, 15) is 4.79 Å². The van der Waals surface area contributed by atoms with Crippen molar-refractivity contribution in [3.05, 3.63) is 23.7 Å². The molecule has 0 rings (SSSR count). The van der Waals surface area contributed by atoms with Crippen LogP contribution in [0.2, 0.25) is 0 Å². The number of esters is 1. The van der Waals surface area contributed by atoms with Gasteiger partial charge in [0.05, 0.1) is 12.7 Å². The lowest BCUT2D eigenvalue weighted by Gasteiger charge is -2.04. The summed E-state index contributed by atoms with van der Waals surface area (Å²) in [4.78, 5) is 13.5. The Bertz CT molecular complexity index is 188. The third-order valence-corrected chi connectivity index (χ3v) is 0.713. The van der Waals surface area contributed by atoms with E-state index < -0.39 is 5.97 Å². The molecule has 0 aliphatic carbocycles. The van der Waals surface area contributed by atoms with Crippen LogP contribution in [0.4, 0.5) is 0 Å². The largest absolute Gasteiger partial charge is 0.468 e. The maximum atomic E-state index is 10.6. The highest BCUT2D eigenvalue weighted by Crippen LogP contribution is 1.98. The highest BCUT2D eigenvalue weighted by molar-refractivity contribution is 5.89. The molecule has 0 atom stereocenters. The van der Waals surface area contributed by atoms with Crippen molar-refractivity contribution in [2.24, 2.45) is 0 Å². The number of carbonyl (C=O) groups is 1. The van der Waals surface area contributed by atoms with Gasteiger partial charge in [-0.3, -0.25) is 4.79 Å². The normalized spacial score (nSPS) is 8.60. The molecular weight excluding hydrogens is 130 g/mol. The van der Waals surface area contributed by atoms with Crippen molar-refractivity contribution >= 4 is 5.97 Å². The zero-order chi connectivity index (χ0) is 8.15. The predicted octanol–water partition coefficient (Wildman–Crippen LogP) is 1.37. The van der Waals surface area contributed by atoms with Crippen molar-refractivity contribution in [3.8, 4) is 0 Å². The van der Waals surface area contributed by atoms with Crippen LogP contribution in [0.3, 0.4) is 0 Å². The summed E-state index contributed by atoms with van der Waals surface area (Å²) in [7, 11) is 0. The molecule has 0 aliphatic heterocycles. The molecule has 54 valence electrons. The molecular formula is C7H9NO2. The molecule has 0 saturated heterocycles. The maximum Gasteiger partial charge on any atom is 0.335 e. The Labute approximate surface area is 60.1 Å². The van der Waals surface area contributed by atoms with E-state index in [1.165, 1.54) is 0 Å². The molecule has 0 aromatic heterocycles. The molecule has 10 heavy (non-hydrogen) atoms. The Morgan fingerprint density at radius 2 is 2.20 bits per heavy atom. The molecule has 0 saturated carbocycles. The van der Waals surface area contributed by atoms with Crippen LogP contribution in [0, 0.1) is 6.57 Å². The van der Waals surface area contributed by atoms with Gasteiger partial charge in [0.25, 0.3) is 5.70 Å². The van der Waals surface area contributed by atoms with Gasteiger partial charge < -0.3 is 4.74 Å². The maximum absolute atomic E-state index is 10.6. The molecule has 0 radical (unpaired) electrons. The fourth-order valence-electron chi connectivity index (χ4n) is 0.328. The molecule has 3 nitrogen and oxygen atoms in total. The summed E-state index contributed by atoms with van der Waals surface area (Å²) in [6.45, 7) is 13.0. The number of rotatable bonds is 2. The summed E-state index contributed by atoms with van der Waals surface area (Å²) in [6.07, 6.45) is -0.189. The molecule has 0 bridgehead atoms. The van der Waals surface area contributed by atoms with Gasteiger partial charge in [-0.1, -0.05) is 6.58 Å². The second-order valence-corrected chi connectivity index (χ2v) is 2.01. The first kappa shape index (κ1) is 8.70. The van der Waals surface area contributed by atoms with Crippen LogP contribution in [0.1, 0.15) is 13.8 Å². The quantitative estimate of drug-likeness (QED) is 0.328. The second-order valence-electron chi connectivity index (χ2n) is 2.01. The summed E-state index contributed by atoms with van der Waals surface area (Å²) in [6, 6.07) is 0. The van der Waals surface area contributed by atoms with Crippen LogP contribution in [-0.4, -0.2) is 12.1 Å². The summed E-state index contributed by atoms with van der Waals surface area (Å²) in [5.74, 6) is -0.634. The Hall–Kier alpha value is -1.30. The first-order valence-electron chi connectivity index (χ1n) is 2.85. The van der Waals surface area contributed by atoms with E-state index in [1.54, 1.807) is 13.8 Å². The Balaban J connectivity index is 3.89. The highest BCUT2D eigenvalue weighted by Gasteiger charge is 2.08. The number of ether oxygens (including phenoxy) is 1. The molecule has 0 unspecified atom stereocenters. The molecule has 0 fully saturated rings. The van der Waals surface area contributed by atoms with Gasteiger partial charge in [0.2, 0.25) is 0 Å². The van der Waals surface area contributed by atoms with E-state index in [0.29, 0.717) is 0 Å². The van der Waals surface area contributed by atoms with Crippen molar-refractivity contribution in [1.29, 1.82) is 0 Å². The van der Waals surface area contributed by atoms with Gasteiger partial charge in [0, 0.05) is 0 Å². The first-order chi connectivity index (χ1) is 4.57. The zero-order valence-corrected chi connectivity index (χ0v) is 6.05. The van der Waals surface area contributed by atoms with E-state index in [0.717, 1.165) is 0 Å². The van der Waals surface area contributed by atoms with Gasteiger partial charge in [0.1, 0.15) is 0 Å². The van der Waals surface area contributed by atoms with Crippen molar-refractivity contribution in [3.63, 3.8) is 0 Å². The fourth-order valence-corrected chi connectivity index (χ4v) is 0.328. The zero-order valence-electron chi connectivity index (χ0n) is 6.05. The van der Waals surface area contributed by atoms with E-state index in [4.69, 9.17) is 6.57 Å². The van der Waals surface area contributed by atoms with E-state index in [1.807, 2.05) is 0 Å². The van der Waals surface area contributed by atoms with Gasteiger partial charge in [-0.05, 0) is 13.8 Å². The van der Waals surface area contributed by atoms with Crippen LogP contribution >= 0.6 is 0 Å². The third kappa shape index (κ3) is 2.88. The third-order valence-electron chi connectivity index (χ3n) is 0.713. The van der Waals surface area contributed by atoms with Crippen LogP contribution < -0.4 is 0 Å². The second kappa shape index (κ2) is 3.67. The van der Waals surface area contributed by atoms with Crippen LogP contribution in [0.5, 0.6) is 0 Å². The summed E-state index contributed by atoms with van der Waals surface area (Å²) in [5.41, 5.74) is -0.173. The topological polar surface area (TPSA) is 30.7 Å². The molecule has 0 amide bonds. The Kier molecular flexibility index (Phi) is 3.20. The van der Waals surface area contributed by atoms with Crippen molar-refractivity contribution < 1.29 is 9.53 Å². The molecule has 0 spiro atoms. The van der Waals surface area contributed by atoms with Crippen molar-refractivity contribution in [1.82, 2.24) is 0 Å². The van der Waals surface area contributed by atoms with Crippen molar-refractivity contribution in [2.75, 3.05) is 0 Å². The average molecular weight is 139 g/mol.